The molecule has 2 aliphatic rings. The second kappa shape index (κ2) is 13.8. The van der Waals surface area contributed by atoms with Gasteiger partial charge in [0.1, 0.15) is 17.2 Å². The highest BCUT2D eigenvalue weighted by Gasteiger charge is 2.40. The Balaban J connectivity index is 1.17. The summed E-state index contributed by atoms with van der Waals surface area (Å²) in [5, 5.41) is 24.0. The maximum Gasteiger partial charge on any atom is 0.313 e. The molecule has 1 saturated carbocycles. The maximum absolute atomic E-state index is 13.1. The van der Waals surface area contributed by atoms with E-state index in [0.29, 0.717) is 60.0 Å². The molecular formula is C34H44F2N5O4+. The standard InChI is InChI=1S/C34H44F2N5O4/c1-22-16-28(39-31(17-22)40-30-18-25(32(35)36)10-13-37-30)26-6-9-29(38-19-26)34(2,44)27-7-4-24(5-8-27)33(43)45-21-41(3)14-11-23(20-42)12-15-41/h6,9-10,13,16-19,23-24,27,32,42,44H,4-5,7-8,11-12,14-15,20-21H2,1-3H3,(H,37,39,40)/q+1/t23?,24?,27?,34-,41?/m1/s1. The molecule has 2 fully saturated rings. The number of hydrogen-bond donors (Lipinski definition) is 3. The zero-order valence-electron chi connectivity index (χ0n) is 26.3. The zero-order chi connectivity index (χ0) is 32.2. The molecule has 11 heteroatoms. The molecule has 3 aromatic heterocycles. The monoisotopic (exact) mass is 624 g/mol. The molecule has 45 heavy (non-hydrogen) atoms. The van der Waals surface area contributed by atoms with Gasteiger partial charge in [-0.3, -0.25) is 14.3 Å². The van der Waals surface area contributed by atoms with E-state index >= 15 is 0 Å². The molecular weight excluding hydrogens is 580 g/mol. The first-order valence-corrected chi connectivity index (χ1v) is 15.8. The summed E-state index contributed by atoms with van der Waals surface area (Å²) in [7, 11) is 2.10. The number of nitrogens with one attached hydrogen (secondary N) is 1. The number of rotatable bonds is 10. The number of aromatic nitrogens is 3. The number of likely N-dealkylation sites (tertiary alicyclic amines) is 1. The van der Waals surface area contributed by atoms with Crippen LogP contribution in [0.5, 0.6) is 0 Å². The average molecular weight is 625 g/mol. The third-order valence-corrected chi connectivity index (χ3v) is 9.63. The van der Waals surface area contributed by atoms with Crippen molar-refractivity contribution in [2.75, 3.05) is 38.8 Å². The van der Waals surface area contributed by atoms with Crippen molar-refractivity contribution in [2.24, 2.45) is 17.8 Å². The quantitative estimate of drug-likeness (QED) is 0.189. The number of esters is 1. The number of aliphatic hydroxyl groups is 2. The smallest absolute Gasteiger partial charge is 0.313 e. The second-order valence-electron chi connectivity index (χ2n) is 13.2. The van der Waals surface area contributed by atoms with E-state index in [0.717, 1.165) is 37.1 Å². The molecule has 4 heterocycles. The lowest BCUT2D eigenvalue weighted by atomic mass is 9.73. The van der Waals surface area contributed by atoms with Crippen molar-refractivity contribution < 1.29 is 33.0 Å². The van der Waals surface area contributed by atoms with Crippen LogP contribution in [-0.4, -0.2) is 69.1 Å². The largest absolute Gasteiger partial charge is 0.415 e. The molecule has 3 aromatic rings. The van der Waals surface area contributed by atoms with Crippen molar-refractivity contribution in [1.82, 2.24) is 15.0 Å². The fourth-order valence-electron chi connectivity index (χ4n) is 6.50. The fraction of sp³-hybridized carbons (Fsp3) is 0.529. The lowest BCUT2D eigenvalue weighted by Crippen LogP contribution is -2.52. The van der Waals surface area contributed by atoms with Crippen LogP contribution in [0.4, 0.5) is 20.4 Å². The molecule has 0 amide bonds. The summed E-state index contributed by atoms with van der Waals surface area (Å²) < 4.78 is 32.7. The predicted octanol–water partition coefficient (Wildman–Crippen LogP) is 5.89. The number of anilines is 2. The van der Waals surface area contributed by atoms with Crippen LogP contribution in [0, 0.1) is 24.7 Å². The second-order valence-corrected chi connectivity index (χ2v) is 13.2. The van der Waals surface area contributed by atoms with Crippen LogP contribution < -0.4 is 5.32 Å². The first-order chi connectivity index (χ1) is 21.5. The number of nitrogens with zero attached hydrogens (tertiary/aromatic N) is 4. The summed E-state index contributed by atoms with van der Waals surface area (Å²) in [4.78, 5) is 26.3. The molecule has 9 nitrogen and oxygen atoms in total. The Labute approximate surface area is 263 Å². The van der Waals surface area contributed by atoms with Gasteiger partial charge >= 0.3 is 5.97 Å². The molecule has 0 aromatic carbocycles. The third-order valence-electron chi connectivity index (χ3n) is 9.63. The first kappa shape index (κ1) is 32.8. The van der Waals surface area contributed by atoms with E-state index in [-0.39, 0.29) is 35.8 Å². The molecule has 1 saturated heterocycles. The molecule has 1 aliphatic heterocycles. The average Bonchev–Trinajstić information content (AvgIpc) is 3.04. The van der Waals surface area contributed by atoms with Gasteiger partial charge < -0.3 is 20.3 Å². The number of aryl methyl sites for hydroxylation is 1. The number of carbonyl (C=O) groups excluding carboxylic acids is 1. The molecule has 0 bridgehead atoms. The van der Waals surface area contributed by atoms with E-state index < -0.39 is 12.0 Å². The Kier molecular flexibility index (Phi) is 10.1. The van der Waals surface area contributed by atoms with Crippen molar-refractivity contribution in [3.05, 3.63) is 65.6 Å². The van der Waals surface area contributed by atoms with Gasteiger partial charge in [0.25, 0.3) is 6.43 Å². The molecule has 1 atom stereocenters. The van der Waals surface area contributed by atoms with E-state index in [4.69, 9.17) is 4.74 Å². The summed E-state index contributed by atoms with van der Waals surface area (Å²) in [5.74, 6) is 0.719. The highest BCUT2D eigenvalue weighted by molar-refractivity contribution is 5.72. The van der Waals surface area contributed by atoms with Crippen molar-refractivity contribution in [1.29, 1.82) is 0 Å². The number of halogens is 2. The number of alkyl halides is 2. The Morgan fingerprint density at radius 1 is 1.07 bits per heavy atom. The first-order valence-electron chi connectivity index (χ1n) is 15.8. The van der Waals surface area contributed by atoms with Gasteiger partial charge in [-0.25, -0.2) is 18.7 Å². The highest BCUT2D eigenvalue weighted by atomic mass is 19.3. The number of pyridine rings is 3. The third kappa shape index (κ3) is 8.01. The minimum atomic E-state index is -2.59. The Bertz CT molecular complexity index is 1450. The Morgan fingerprint density at radius 3 is 2.44 bits per heavy atom. The van der Waals surface area contributed by atoms with Gasteiger partial charge in [-0.05, 0) is 93.3 Å². The molecule has 3 N–H and O–H groups in total. The van der Waals surface area contributed by atoms with Crippen molar-refractivity contribution in [3.63, 3.8) is 0 Å². The number of carbonyl (C=O) groups is 1. The minimum absolute atomic E-state index is 0.0497. The highest BCUT2D eigenvalue weighted by Crippen LogP contribution is 2.41. The Hall–Kier alpha value is -3.54. The topological polar surface area (TPSA) is 117 Å². The molecule has 0 unspecified atom stereocenters. The van der Waals surface area contributed by atoms with Crippen LogP contribution in [0.2, 0.25) is 0 Å². The van der Waals surface area contributed by atoms with E-state index in [1.807, 2.05) is 31.2 Å². The molecule has 242 valence electrons. The van der Waals surface area contributed by atoms with Crippen LogP contribution in [0.1, 0.15) is 68.7 Å². The van der Waals surface area contributed by atoms with Gasteiger partial charge in [-0.2, -0.15) is 0 Å². The van der Waals surface area contributed by atoms with Crippen molar-refractivity contribution in [2.45, 2.75) is 64.4 Å². The van der Waals surface area contributed by atoms with E-state index in [1.54, 1.807) is 13.1 Å². The summed E-state index contributed by atoms with van der Waals surface area (Å²) in [5.41, 5.74) is 1.58. The van der Waals surface area contributed by atoms with Crippen LogP contribution in [0.25, 0.3) is 11.3 Å². The number of ether oxygens (including phenoxy) is 1. The van der Waals surface area contributed by atoms with Gasteiger partial charge in [0.15, 0.2) is 0 Å². The number of aliphatic hydroxyl groups excluding tert-OH is 1. The van der Waals surface area contributed by atoms with Crippen LogP contribution in [0.15, 0.2) is 48.8 Å². The van der Waals surface area contributed by atoms with E-state index in [1.165, 1.54) is 18.3 Å². The fourth-order valence-corrected chi connectivity index (χ4v) is 6.50. The lowest BCUT2D eigenvalue weighted by Gasteiger charge is -2.40. The summed E-state index contributed by atoms with van der Waals surface area (Å²) >= 11 is 0. The molecule has 5 rings (SSSR count). The normalized spacial score (nSPS) is 25.0. The predicted molar refractivity (Wildman–Crippen MR) is 166 cm³/mol. The van der Waals surface area contributed by atoms with Gasteiger partial charge in [0.2, 0.25) is 6.73 Å². The number of hydrogen-bond acceptors (Lipinski definition) is 8. The molecule has 1 aliphatic carbocycles. The number of piperidine rings is 1. The van der Waals surface area contributed by atoms with Crippen molar-refractivity contribution in [3.8, 4) is 11.3 Å². The van der Waals surface area contributed by atoms with Crippen LogP contribution in [-0.2, 0) is 15.1 Å². The molecule has 0 spiro atoms. The molecule has 0 radical (unpaired) electrons. The van der Waals surface area contributed by atoms with E-state index in [9.17, 15) is 23.8 Å². The van der Waals surface area contributed by atoms with Crippen LogP contribution >= 0.6 is 0 Å². The van der Waals surface area contributed by atoms with Gasteiger partial charge in [0, 0.05) is 43.0 Å². The summed E-state index contributed by atoms with van der Waals surface area (Å²) in [6, 6.07) is 9.97. The summed E-state index contributed by atoms with van der Waals surface area (Å²) in [6.45, 7) is 6.08. The van der Waals surface area contributed by atoms with Crippen LogP contribution in [0.3, 0.4) is 0 Å². The zero-order valence-corrected chi connectivity index (χ0v) is 26.3. The van der Waals surface area contributed by atoms with Gasteiger partial charge in [0.05, 0.1) is 37.4 Å². The maximum atomic E-state index is 13.1. The number of quaternary nitrogens is 1. The Morgan fingerprint density at radius 2 is 1.80 bits per heavy atom. The van der Waals surface area contributed by atoms with Gasteiger partial charge in [-0.1, -0.05) is 0 Å². The van der Waals surface area contributed by atoms with Crippen molar-refractivity contribution >= 4 is 17.6 Å². The van der Waals surface area contributed by atoms with Gasteiger partial charge in [-0.15, -0.1) is 0 Å². The SMILES string of the molecule is Cc1cc(Nc2cc(C(F)F)ccn2)nc(-c2ccc([C@](C)(O)C3CCC(C(=O)OC[N+]4(C)CCC(CO)CC4)CC3)nc2)c1. The van der Waals surface area contributed by atoms with E-state index in [2.05, 4.69) is 27.3 Å². The summed E-state index contributed by atoms with van der Waals surface area (Å²) in [6.07, 6.45) is 5.00. The minimum Gasteiger partial charge on any atom is -0.415 e. The lowest BCUT2D eigenvalue weighted by molar-refractivity contribution is -0.931.